The number of H-pyrrole nitrogens is 1. The fourth-order valence-electron chi connectivity index (χ4n) is 2.25. The predicted octanol–water partition coefficient (Wildman–Crippen LogP) is 1.90. The number of nitrogens with one attached hydrogen (secondary N) is 2. The zero-order chi connectivity index (χ0) is 11.5. The van der Waals surface area contributed by atoms with Crippen LogP contribution in [0.5, 0.6) is 0 Å². The van der Waals surface area contributed by atoms with E-state index in [4.69, 9.17) is 5.73 Å². The van der Waals surface area contributed by atoms with Crippen LogP contribution in [0.4, 0.5) is 0 Å². The van der Waals surface area contributed by atoms with Gasteiger partial charge in [0.1, 0.15) is 5.69 Å². The number of rotatable bonds is 3. The molecule has 96 valence electrons. The summed E-state index contributed by atoms with van der Waals surface area (Å²) in [5.41, 5.74) is 6.31. The summed E-state index contributed by atoms with van der Waals surface area (Å²) in [6.45, 7) is 0.660. The molecule has 2 rings (SSSR count). The summed E-state index contributed by atoms with van der Waals surface area (Å²) in [5, 5.41) is 3.06. The van der Waals surface area contributed by atoms with Crippen LogP contribution in [-0.4, -0.2) is 23.5 Å². The van der Waals surface area contributed by atoms with E-state index >= 15 is 0 Å². The normalized spacial score (nSPS) is 23.2. The number of carbonyl (C=O) groups excluding carboxylic acids is 1. The first-order valence-electron chi connectivity index (χ1n) is 5.55. The first-order chi connectivity index (χ1) is 7.70. The van der Waals surface area contributed by atoms with Gasteiger partial charge in [0.15, 0.2) is 0 Å². The summed E-state index contributed by atoms with van der Waals surface area (Å²) in [4.78, 5) is 14.9. The molecule has 1 aromatic heterocycles. The van der Waals surface area contributed by atoms with Crippen molar-refractivity contribution in [2.24, 2.45) is 11.7 Å². The summed E-state index contributed by atoms with van der Waals surface area (Å²) in [5.74, 6) is 0.422. The van der Waals surface area contributed by atoms with Crippen LogP contribution in [0, 0.1) is 9.49 Å². The lowest BCUT2D eigenvalue weighted by molar-refractivity contribution is 0.0924. The van der Waals surface area contributed by atoms with Gasteiger partial charge in [-0.05, 0) is 54.0 Å². The monoisotopic (exact) mass is 369 g/mol. The molecule has 1 aliphatic rings. The van der Waals surface area contributed by atoms with Crippen molar-refractivity contribution < 1.29 is 4.79 Å². The van der Waals surface area contributed by atoms with E-state index in [1.54, 1.807) is 0 Å². The Morgan fingerprint density at radius 3 is 2.94 bits per heavy atom. The van der Waals surface area contributed by atoms with Crippen LogP contribution in [0.1, 0.15) is 29.8 Å². The highest BCUT2D eigenvalue weighted by Crippen LogP contribution is 2.24. The Morgan fingerprint density at radius 1 is 1.59 bits per heavy atom. The minimum absolute atomic E-state index is 0. The summed E-state index contributed by atoms with van der Waals surface area (Å²) >= 11 is 2.18. The third-order valence-electron chi connectivity index (χ3n) is 3.17. The highest BCUT2D eigenvalue weighted by molar-refractivity contribution is 14.1. The van der Waals surface area contributed by atoms with Crippen molar-refractivity contribution in [1.29, 1.82) is 0 Å². The molecule has 2 atom stereocenters. The van der Waals surface area contributed by atoms with Gasteiger partial charge < -0.3 is 16.0 Å². The lowest BCUT2D eigenvalue weighted by Crippen LogP contribution is -2.39. The second kappa shape index (κ2) is 6.61. The minimum Gasteiger partial charge on any atom is -0.356 e. The van der Waals surface area contributed by atoms with Crippen LogP contribution in [0.25, 0.3) is 0 Å². The molecule has 4 N–H and O–H groups in total. The maximum atomic E-state index is 11.9. The number of hydrogen-bond acceptors (Lipinski definition) is 2. The van der Waals surface area contributed by atoms with E-state index in [-0.39, 0.29) is 24.4 Å². The topological polar surface area (TPSA) is 70.9 Å². The van der Waals surface area contributed by atoms with Crippen LogP contribution in [-0.2, 0) is 0 Å². The molecule has 0 aromatic carbocycles. The molecule has 4 nitrogen and oxygen atoms in total. The van der Waals surface area contributed by atoms with Crippen molar-refractivity contribution in [1.82, 2.24) is 10.3 Å². The van der Waals surface area contributed by atoms with Gasteiger partial charge >= 0.3 is 0 Å². The lowest BCUT2D eigenvalue weighted by Gasteiger charge is -2.18. The van der Waals surface area contributed by atoms with Crippen LogP contribution in [0.2, 0.25) is 0 Å². The van der Waals surface area contributed by atoms with Crippen molar-refractivity contribution in [2.45, 2.75) is 25.3 Å². The quantitative estimate of drug-likeness (QED) is 0.712. The Hall–Kier alpha value is -0.270. The van der Waals surface area contributed by atoms with E-state index in [1.807, 2.05) is 12.3 Å². The molecule has 1 heterocycles. The standard InChI is InChI=1S/C11H16IN3O.ClH/c12-8-4-10(14-6-8)11(16)15-9-3-1-2-7(9)5-13;/h4,6-7,9,14H,1-3,5,13H2,(H,15,16);1H. The van der Waals surface area contributed by atoms with Crippen LogP contribution in [0.3, 0.4) is 0 Å². The number of carbonyl (C=O) groups is 1. The lowest BCUT2D eigenvalue weighted by atomic mass is 10.0. The molecule has 2 unspecified atom stereocenters. The fraction of sp³-hybridized carbons (Fsp3) is 0.545. The van der Waals surface area contributed by atoms with E-state index in [0.717, 1.165) is 22.8 Å². The van der Waals surface area contributed by atoms with Crippen LogP contribution >= 0.6 is 35.0 Å². The molecular weight excluding hydrogens is 352 g/mol. The number of nitrogens with two attached hydrogens (primary N) is 1. The number of aromatic nitrogens is 1. The molecule has 17 heavy (non-hydrogen) atoms. The summed E-state index contributed by atoms with van der Waals surface area (Å²) < 4.78 is 1.05. The number of hydrogen-bond donors (Lipinski definition) is 3. The molecule has 0 spiro atoms. The Bertz CT molecular complexity index is 383. The highest BCUT2D eigenvalue weighted by Gasteiger charge is 2.27. The summed E-state index contributed by atoms with van der Waals surface area (Å²) in [7, 11) is 0. The number of halogens is 2. The molecule has 0 radical (unpaired) electrons. The average molecular weight is 370 g/mol. The predicted molar refractivity (Wildman–Crippen MR) is 78.4 cm³/mol. The first-order valence-corrected chi connectivity index (χ1v) is 6.63. The second-order valence-electron chi connectivity index (χ2n) is 4.24. The molecule has 1 fully saturated rings. The molecular formula is C11H17ClIN3O. The van der Waals surface area contributed by atoms with Crippen molar-refractivity contribution in [3.05, 3.63) is 21.5 Å². The van der Waals surface area contributed by atoms with Gasteiger partial charge in [-0.15, -0.1) is 12.4 Å². The maximum Gasteiger partial charge on any atom is 0.267 e. The van der Waals surface area contributed by atoms with Gasteiger partial charge in [0.2, 0.25) is 0 Å². The average Bonchev–Trinajstić information content (AvgIpc) is 2.86. The van der Waals surface area contributed by atoms with Crippen LogP contribution in [0.15, 0.2) is 12.3 Å². The minimum atomic E-state index is -0.0201. The van der Waals surface area contributed by atoms with E-state index in [0.29, 0.717) is 18.2 Å². The molecule has 1 amide bonds. The van der Waals surface area contributed by atoms with Crippen LogP contribution < -0.4 is 11.1 Å². The number of aromatic amines is 1. The Kier molecular flexibility index (Phi) is 5.75. The van der Waals surface area contributed by atoms with Crippen molar-refractivity contribution in [2.75, 3.05) is 6.54 Å². The van der Waals surface area contributed by atoms with Gasteiger partial charge in [-0.25, -0.2) is 0 Å². The van der Waals surface area contributed by atoms with Gasteiger partial charge in [0, 0.05) is 15.8 Å². The highest BCUT2D eigenvalue weighted by atomic mass is 127. The van der Waals surface area contributed by atoms with Crippen molar-refractivity contribution >= 4 is 40.9 Å². The van der Waals surface area contributed by atoms with Gasteiger partial charge in [-0.1, -0.05) is 6.42 Å². The Morgan fingerprint density at radius 2 is 2.35 bits per heavy atom. The van der Waals surface area contributed by atoms with E-state index in [9.17, 15) is 4.79 Å². The fourth-order valence-corrected chi connectivity index (χ4v) is 2.72. The third-order valence-corrected chi connectivity index (χ3v) is 3.79. The largest absolute Gasteiger partial charge is 0.356 e. The molecule has 1 aliphatic carbocycles. The second-order valence-corrected chi connectivity index (χ2v) is 5.48. The SMILES string of the molecule is Cl.NCC1CCCC1NC(=O)c1cc(I)c[nH]1. The Labute approximate surface area is 121 Å². The van der Waals surface area contributed by atoms with Gasteiger partial charge in [-0.3, -0.25) is 4.79 Å². The summed E-state index contributed by atoms with van der Waals surface area (Å²) in [6, 6.07) is 2.10. The van der Waals surface area contributed by atoms with Crippen molar-refractivity contribution in [3.63, 3.8) is 0 Å². The Balaban J connectivity index is 0.00000144. The zero-order valence-electron chi connectivity index (χ0n) is 9.41. The third kappa shape index (κ3) is 3.59. The van der Waals surface area contributed by atoms with Crippen molar-refractivity contribution in [3.8, 4) is 0 Å². The number of amides is 1. The summed E-state index contributed by atoms with van der Waals surface area (Å²) in [6.07, 6.45) is 5.16. The van der Waals surface area contributed by atoms with Gasteiger partial charge in [0.25, 0.3) is 5.91 Å². The smallest absolute Gasteiger partial charge is 0.267 e. The molecule has 0 saturated heterocycles. The van der Waals surface area contributed by atoms with E-state index < -0.39 is 0 Å². The van der Waals surface area contributed by atoms with E-state index in [2.05, 4.69) is 32.9 Å². The first kappa shape index (κ1) is 14.8. The molecule has 1 aromatic rings. The van der Waals surface area contributed by atoms with Gasteiger partial charge in [0.05, 0.1) is 0 Å². The maximum absolute atomic E-state index is 11.9. The zero-order valence-corrected chi connectivity index (χ0v) is 12.4. The molecule has 6 heteroatoms. The molecule has 0 bridgehead atoms. The van der Waals surface area contributed by atoms with Gasteiger partial charge in [-0.2, -0.15) is 0 Å². The molecule has 1 saturated carbocycles. The molecule has 0 aliphatic heterocycles. The van der Waals surface area contributed by atoms with E-state index in [1.165, 1.54) is 0 Å².